The molecule has 0 saturated carbocycles. The van der Waals surface area contributed by atoms with E-state index in [0.717, 1.165) is 16.5 Å². The van der Waals surface area contributed by atoms with Gasteiger partial charge in [0.25, 0.3) is 0 Å². The highest BCUT2D eigenvalue weighted by molar-refractivity contribution is 5.83. The maximum atomic E-state index is 13.2. The monoisotopic (exact) mass is 438 g/mol. The fourth-order valence-electron chi connectivity index (χ4n) is 3.19. The summed E-state index contributed by atoms with van der Waals surface area (Å²) in [6, 6.07) is 9.08. The van der Waals surface area contributed by atoms with Crippen LogP contribution in [-0.4, -0.2) is 37.3 Å². The minimum Gasteiger partial charge on any atom is -0.493 e. The predicted molar refractivity (Wildman–Crippen MR) is 108 cm³/mol. The van der Waals surface area contributed by atoms with Gasteiger partial charge in [0.05, 0.1) is 7.11 Å². The summed E-state index contributed by atoms with van der Waals surface area (Å²) in [6.45, 7) is -0.979. The molecule has 166 valence electrons. The zero-order chi connectivity index (χ0) is 22.4. The molecule has 0 bridgehead atoms. The first kappa shape index (κ1) is 22.5. The number of fused-ring (bicyclic) bond motifs is 1. The van der Waals surface area contributed by atoms with E-state index in [4.69, 9.17) is 9.47 Å². The lowest BCUT2D eigenvalue weighted by Crippen LogP contribution is -2.25. The van der Waals surface area contributed by atoms with Crippen molar-refractivity contribution < 1.29 is 31.8 Å². The Balaban J connectivity index is 1.47. The van der Waals surface area contributed by atoms with Gasteiger partial charge in [-0.3, -0.25) is 4.79 Å². The Hall–Kier alpha value is -3.23. The van der Waals surface area contributed by atoms with E-state index < -0.39 is 12.8 Å². The standard InChI is InChI=1S/C22H22F4N2O3/c1-30-20-10-14(2-6-19(20)31-13-22(24,25)26)3-7-21(29)27-9-8-15-12-28-18-11-16(23)4-5-17(15)18/h2,4-6,10-12,28H,3,7-9,13H2,1H3,(H,27,29). The van der Waals surface area contributed by atoms with E-state index in [0.29, 0.717) is 24.9 Å². The summed E-state index contributed by atoms with van der Waals surface area (Å²) in [6.07, 6.45) is -1.44. The van der Waals surface area contributed by atoms with Crippen LogP contribution < -0.4 is 14.8 Å². The van der Waals surface area contributed by atoms with Crippen molar-refractivity contribution >= 4 is 16.8 Å². The molecule has 5 nitrogen and oxygen atoms in total. The molecule has 0 aliphatic rings. The van der Waals surface area contributed by atoms with E-state index in [1.165, 1.54) is 25.3 Å². The molecular formula is C22H22F4N2O3. The number of aromatic amines is 1. The molecule has 2 aromatic carbocycles. The summed E-state index contributed by atoms with van der Waals surface area (Å²) < 4.78 is 60.1. The van der Waals surface area contributed by atoms with Crippen LogP contribution in [0, 0.1) is 5.82 Å². The number of carbonyl (C=O) groups is 1. The van der Waals surface area contributed by atoms with Gasteiger partial charge in [-0.1, -0.05) is 6.07 Å². The average molecular weight is 438 g/mol. The van der Waals surface area contributed by atoms with Crippen molar-refractivity contribution in [2.75, 3.05) is 20.3 Å². The maximum absolute atomic E-state index is 13.2. The van der Waals surface area contributed by atoms with Crippen LogP contribution in [0.1, 0.15) is 17.5 Å². The average Bonchev–Trinajstić information content (AvgIpc) is 3.12. The maximum Gasteiger partial charge on any atom is 0.422 e. The summed E-state index contributed by atoms with van der Waals surface area (Å²) in [5, 5.41) is 3.75. The summed E-state index contributed by atoms with van der Waals surface area (Å²) in [7, 11) is 1.34. The highest BCUT2D eigenvalue weighted by Gasteiger charge is 2.29. The lowest BCUT2D eigenvalue weighted by molar-refractivity contribution is -0.153. The van der Waals surface area contributed by atoms with Crippen molar-refractivity contribution in [3.63, 3.8) is 0 Å². The van der Waals surface area contributed by atoms with Crippen molar-refractivity contribution in [1.82, 2.24) is 10.3 Å². The van der Waals surface area contributed by atoms with Crippen molar-refractivity contribution in [2.24, 2.45) is 0 Å². The number of hydrogen-bond acceptors (Lipinski definition) is 3. The van der Waals surface area contributed by atoms with Crippen LogP contribution in [0.2, 0.25) is 0 Å². The Morgan fingerprint density at radius 2 is 1.90 bits per heavy atom. The molecule has 3 aromatic rings. The normalized spacial score (nSPS) is 11.5. The second-order valence-electron chi connectivity index (χ2n) is 6.99. The van der Waals surface area contributed by atoms with Gasteiger partial charge in [-0.25, -0.2) is 4.39 Å². The van der Waals surface area contributed by atoms with Crippen molar-refractivity contribution in [2.45, 2.75) is 25.4 Å². The third-order valence-electron chi connectivity index (χ3n) is 4.71. The minimum absolute atomic E-state index is 0.00774. The Bertz CT molecular complexity index is 1050. The number of carbonyl (C=O) groups excluding carboxylic acids is 1. The van der Waals surface area contributed by atoms with Gasteiger partial charge in [0, 0.05) is 30.1 Å². The van der Waals surface area contributed by atoms with Gasteiger partial charge in [-0.05, 0) is 54.3 Å². The van der Waals surface area contributed by atoms with E-state index in [1.54, 1.807) is 24.4 Å². The highest BCUT2D eigenvalue weighted by Crippen LogP contribution is 2.30. The first-order chi connectivity index (χ1) is 14.7. The Kier molecular flexibility index (Phi) is 7.04. The number of hydrogen-bond donors (Lipinski definition) is 2. The molecule has 31 heavy (non-hydrogen) atoms. The summed E-state index contributed by atoms with van der Waals surface area (Å²) in [4.78, 5) is 15.1. The van der Waals surface area contributed by atoms with Gasteiger partial charge in [-0.15, -0.1) is 0 Å². The third kappa shape index (κ3) is 6.37. The number of H-pyrrole nitrogens is 1. The Labute approximate surface area is 176 Å². The van der Waals surface area contributed by atoms with Gasteiger partial charge in [0.15, 0.2) is 18.1 Å². The third-order valence-corrected chi connectivity index (χ3v) is 4.71. The number of benzene rings is 2. The smallest absolute Gasteiger partial charge is 0.422 e. The molecule has 2 N–H and O–H groups in total. The van der Waals surface area contributed by atoms with E-state index in [9.17, 15) is 22.4 Å². The van der Waals surface area contributed by atoms with Gasteiger partial charge in [0.1, 0.15) is 5.82 Å². The molecule has 0 radical (unpaired) electrons. The van der Waals surface area contributed by atoms with E-state index in [1.807, 2.05) is 0 Å². The molecule has 0 spiro atoms. The first-order valence-corrected chi connectivity index (χ1v) is 9.64. The van der Waals surface area contributed by atoms with Crippen molar-refractivity contribution in [1.29, 1.82) is 0 Å². The van der Waals surface area contributed by atoms with Gasteiger partial charge in [-0.2, -0.15) is 13.2 Å². The molecule has 0 saturated heterocycles. The number of nitrogens with one attached hydrogen (secondary N) is 2. The summed E-state index contributed by atoms with van der Waals surface area (Å²) in [5.74, 6) is -0.294. The quantitative estimate of drug-likeness (QED) is 0.482. The number of methoxy groups -OCH3 is 1. The fraction of sp³-hybridized carbons (Fsp3) is 0.318. The van der Waals surface area contributed by atoms with Crippen LogP contribution in [0.5, 0.6) is 11.5 Å². The van der Waals surface area contributed by atoms with Gasteiger partial charge < -0.3 is 19.8 Å². The molecule has 0 fully saturated rings. The topological polar surface area (TPSA) is 63.3 Å². The van der Waals surface area contributed by atoms with Crippen LogP contribution >= 0.6 is 0 Å². The van der Waals surface area contributed by atoms with Crippen LogP contribution in [0.4, 0.5) is 17.6 Å². The molecule has 9 heteroatoms. The van der Waals surface area contributed by atoms with E-state index in [2.05, 4.69) is 10.3 Å². The molecule has 0 aliphatic heterocycles. The van der Waals surface area contributed by atoms with Crippen LogP contribution in [0.15, 0.2) is 42.6 Å². The number of halogens is 4. The van der Waals surface area contributed by atoms with E-state index >= 15 is 0 Å². The SMILES string of the molecule is COc1cc(CCC(=O)NCCc2c[nH]c3cc(F)ccc23)ccc1OCC(F)(F)F. The number of ether oxygens (including phenoxy) is 2. The van der Waals surface area contributed by atoms with Crippen LogP contribution in [0.25, 0.3) is 10.9 Å². The first-order valence-electron chi connectivity index (χ1n) is 9.64. The van der Waals surface area contributed by atoms with Gasteiger partial charge >= 0.3 is 6.18 Å². The number of rotatable bonds is 9. The molecule has 0 aliphatic carbocycles. The number of aryl methyl sites for hydroxylation is 1. The Morgan fingerprint density at radius 3 is 2.65 bits per heavy atom. The summed E-state index contributed by atoms with van der Waals surface area (Å²) >= 11 is 0. The highest BCUT2D eigenvalue weighted by atomic mass is 19.4. The zero-order valence-corrected chi connectivity index (χ0v) is 16.8. The molecule has 0 unspecified atom stereocenters. The fourth-order valence-corrected chi connectivity index (χ4v) is 3.19. The largest absolute Gasteiger partial charge is 0.493 e. The minimum atomic E-state index is -4.44. The molecule has 1 amide bonds. The van der Waals surface area contributed by atoms with Crippen LogP contribution in [0.3, 0.4) is 0 Å². The van der Waals surface area contributed by atoms with Crippen molar-refractivity contribution in [3.05, 3.63) is 59.5 Å². The number of alkyl halides is 3. The summed E-state index contributed by atoms with van der Waals surface area (Å²) in [5.41, 5.74) is 2.43. The molecular weight excluding hydrogens is 416 g/mol. The number of amides is 1. The van der Waals surface area contributed by atoms with E-state index in [-0.39, 0.29) is 29.6 Å². The van der Waals surface area contributed by atoms with Crippen molar-refractivity contribution in [3.8, 4) is 11.5 Å². The molecule has 0 atom stereocenters. The Morgan fingerprint density at radius 1 is 1.10 bits per heavy atom. The molecule has 1 aromatic heterocycles. The van der Waals surface area contributed by atoms with Crippen LogP contribution in [-0.2, 0) is 17.6 Å². The molecule has 3 rings (SSSR count). The lowest BCUT2D eigenvalue weighted by atomic mass is 10.1. The predicted octanol–water partition coefficient (Wildman–Crippen LogP) is 4.55. The zero-order valence-electron chi connectivity index (χ0n) is 16.8. The molecule has 1 heterocycles. The lowest BCUT2D eigenvalue weighted by Gasteiger charge is -2.13. The second kappa shape index (κ2) is 9.72. The van der Waals surface area contributed by atoms with Gasteiger partial charge in [0.2, 0.25) is 5.91 Å². The second-order valence-corrected chi connectivity index (χ2v) is 6.99. The number of aromatic nitrogens is 1.